The number of nitroso groups, excluding NO2 is 1. The van der Waals surface area contributed by atoms with Crippen LogP contribution < -0.4 is 5.32 Å². The van der Waals surface area contributed by atoms with Crippen molar-refractivity contribution in [2.45, 2.75) is 30.2 Å². The number of β-lactam (4-membered cyclic amide) rings is 1. The van der Waals surface area contributed by atoms with Crippen molar-refractivity contribution in [3.63, 3.8) is 0 Å². The van der Waals surface area contributed by atoms with Crippen LogP contribution in [0.4, 0.5) is 5.69 Å². The van der Waals surface area contributed by atoms with Crippen LogP contribution in [0.1, 0.15) is 12.5 Å². The number of aliphatic hydroxyl groups excluding tert-OH is 1. The Morgan fingerprint density at radius 2 is 2.03 bits per heavy atom. The highest BCUT2D eigenvalue weighted by atomic mass is 79.9. The topological polar surface area (TPSA) is 169 Å². The second-order valence-corrected chi connectivity index (χ2v) is 8.99. The average Bonchev–Trinajstić information content (AvgIpc) is 2.81. The molecular weight excluding hydrogens is 524 g/mol. The van der Waals surface area contributed by atoms with Crippen molar-refractivity contribution >= 4 is 51.2 Å². The summed E-state index contributed by atoms with van der Waals surface area (Å²) in [6.07, 6.45) is 1.36. The third-order valence-electron chi connectivity index (χ3n) is 4.89. The molecule has 0 aromatic heterocycles. The summed E-state index contributed by atoms with van der Waals surface area (Å²) in [7, 11) is 0. The molecule has 0 radical (unpaired) electrons. The second-order valence-electron chi connectivity index (χ2n) is 6.97. The number of non-ortho nitro benzene ring substituents is 1. The maximum Gasteiger partial charge on any atom is 0.336 e. The van der Waals surface area contributed by atoms with E-state index < -0.39 is 45.6 Å². The molecule has 1 aromatic carbocycles. The number of nitrogens with one attached hydrogen (secondary N) is 1. The predicted octanol–water partition coefficient (Wildman–Crippen LogP) is 2.24. The molecule has 3 rings (SSSR count). The first-order chi connectivity index (χ1) is 15.7. The van der Waals surface area contributed by atoms with Crippen LogP contribution in [0.2, 0.25) is 0 Å². The number of benzene rings is 1. The third kappa shape index (κ3) is 5.06. The lowest BCUT2D eigenvalue weighted by Gasteiger charge is -2.48. The van der Waals surface area contributed by atoms with Crippen LogP contribution in [0, 0.1) is 15.0 Å². The van der Waals surface area contributed by atoms with Crippen LogP contribution in [0.15, 0.2) is 52.7 Å². The molecular formula is C19H17BrN4O8S. The Labute approximate surface area is 199 Å². The van der Waals surface area contributed by atoms with Gasteiger partial charge < -0.3 is 20.1 Å². The second kappa shape index (κ2) is 10.1. The van der Waals surface area contributed by atoms with E-state index in [0.29, 0.717) is 5.56 Å². The lowest BCUT2D eigenvalue weighted by atomic mass is 10.1. The number of carbonyl (C=O) groups excluding carboxylic acids is 3. The third-order valence-corrected chi connectivity index (χ3v) is 6.86. The summed E-state index contributed by atoms with van der Waals surface area (Å²) in [5.74, 6) is -2.69. The molecule has 0 saturated carbocycles. The van der Waals surface area contributed by atoms with E-state index in [1.807, 2.05) is 0 Å². The van der Waals surface area contributed by atoms with Crippen LogP contribution in [0.25, 0.3) is 0 Å². The molecule has 0 spiro atoms. The molecule has 0 aliphatic carbocycles. The van der Waals surface area contributed by atoms with Crippen LogP contribution in [-0.4, -0.2) is 54.7 Å². The molecule has 2 heterocycles. The van der Waals surface area contributed by atoms with Crippen molar-refractivity contribution in [1.29, 1.82) is 0 Å². The van der Waals surface area contributed by atoms with Gasteiger partial charge in [0.1, 0.15) is 23.8 Å². The number of halogens is 1. The van der Waals surface area contributed by atoms with Crippen LogP contribution in [0.5, 0.6) is 0 Å². The van der Waals surface area contributed by atoms with Crippen LogP contribution >= 0.6 is 27.7 Å². The van der Waals surface area contributed by atoms with Crippen molar-refractivity contribution in [2.24, 2.45) is 5.18 Å². The lowest BCUT2D eigenvalue weighted by Crippen LogP contribution is -2.69. The molecule has 0 bridgehead atoms. The summed E-state index contributed by atoms with van der Waals surface area (Å²) < 4.78 is 5.27. The number of fused-ring (bicyclic) bond motifs is 1. The number of aliphatic hydroxyl groups is 1. The van der Waals surface area contributed by atoms with Gasteiger partial charge in [0.05, 0.1) is 15.8 Å². The first-order valence-electron chi connectivity index (χ1n) is 9.40. The van der Waals surface area contributed by atoms with Crippen molar-refractivity contribution < 1.29 is 29.2 Å². The molecule has 2 N–H and O–H groups in total. The summed E-state index contributed by atoms with van der Waals surface area (Å²) in [5, 5.41) is 24.1. The van der Waals surface area contributed by atoms with E-state index in [4.69, 9.17) is 4.74 Å². The fraction of sp³-hybridized carbons (Fsp3) is 0.316. The zero-order chi connectivity index (χ0) is 24.3. The Morgan fingerprint density at radius 1 is 1.36 bits per heavy atom. The molecule has 3 atom stereocenters. The van der Waals surface area contributed by atoms with E-state index in [-0.39, 0.29) is 28.4 Å². The highest BCUT2D eigenvalue weighted by molar-refractivity contribution is 9.09. The number of ether oxygens (including phenoxy) is 1. The van der Waals surface area contributed by atoms with Gasteiger partial charge in [-0.3, -0.25) is 19.7 Å². The van der Waals surface area contributed by atoms with Crippen molar-refractivity contribution in [1.82, 2.24) is 10.2 Å². The monoisotopic (exact) mass is 540 g/mol. The van der Waals surface area contributed by atoms with E-state index >= 15 is 0 Å². The number of amides is 2. The average molecular weight is 541 g/mol. The van der Waals surface area contributed by atoms with Gasteiger partial charge in [-0.25, -0.2) is 4.79 Å². The quantitative estimate of drug-likeness (QED) is 0.0733. The van der Waals surface area contributed by atoms with Gasteiger partial charge >= 0.3 is 5.97 Å². The van der Waals surface area contributed by atoms with E-state index in [0.717, 1.165) is 0 Å². The molecule has 1 saturated heterocycles. The highest BCUT2D eigenvalue weighted by Crippen LogP contribution is 2.40. The van der Waals surface area contributed by atoms with Crippen LogP contribution in [0.3, 0.4) is 0 Å². The molecule has 2 aliphatic rings. The van der Waals surface area contributed by atoms with Crippen molar-refractivity contribution in [3.8, 4) is 0 Å². The van der Waals surface area contributed by atoms with Gasteiger partial charge in [-0.2, -0.15) is 0 Å². The summed E-state index contributed by atoms with van der Waals surface area (Å²) in [6.45, 7) is 1.63. The number of carbonyl (C=O) groups is 3. The van der Waals surface area contributed by atoms with Gasteiger partial charge in [0.25, 0.3) is 17.5 Å². The number of hydrogen-bond acceptors (Lipinski definition) is 10. The summed E-state index contributed by atoms with van der Waals surface area (Å²) >= 11 is 4.15. The van der Waals surface area contributed by atoms with E-state index in [9.17, 15) is 34.5 Å². The molecule has 2 unspecified atom stereocenters. The molecule has 1 fully saturated rings. The maximum atomic E-state index is 12.5. The molecule has 174 valence electrons. The molecule has 12 nitrogen and oxygen atoms in total. The fourth-order valence-electron chi connectivity index (χ4n) is 3.10. The number of rotatable bonds is 8. The number of allylic oxidation sites excluding steroid dienone is 1. The molecule has 14 heteroatoms. The summed E-state index contributed by atoms with van der Waals surface area (Å²) in [6, 6.07) is 4.60. The smallest absolute Gasteiger partial charge is 0.336 e. The zero-order valence-corrected chi connectivity index (χ0v) is 19.4. The number of esters is 1. The first kappa shape index (κ1) is 24.4. The van der Waals surface area contributed by atoms with Gasteiger partial charge in [0, 0.05) is 23.6 Å². The Bertz CT molecular complexity index is 1070. The number of hydrogen-bond donors (Lipinski definition) is 2. The van der Waals surface area contributed by atoms with Crippen molar-refractivity contribution in [3.05, 3.63) is 68.1 Å². The summed E-state index contributed by atoms with van der Waals surface area (Å²) in [5.41, 5.74) is -0.00450. The van der Waals surface area contributed by atoms with E-state index in [1.54, 1.807) is 6.92 Å². The largest absolute Gasteiger partial charge is 0.509 e. The predicted molar refractivity (Wildman–Crippen MR) is 120 cm³/mol. The van der Waals surface area contributed by atoms with Crippen LogP contribution in [-0.2, 0) is 25.7 Å². The Hall–Kier alpha value is -3.26. The normalized spacial score (nSPS) is 22.2. The fourth-order valence-corrected chi connectivity index (χ4v) is 4.73. The number of nitro benzene ring substituents is 1. The Morgan fingerprint density at radius 3 is 2.61 bits per heavy atom. The standard InChI is InChI=1S/C19H17BrN4O8S/c1-9-12(19(28)32-8-10-2-4-11(5-3-10)24(30)31)7-23-17(27)15(18(23)33-9)21-16(26)14(22-29)13(25)6-20/h2-5,7,9,15,18,25H,6,8H2,1H3,(H,21,26)/t9?,15?,18-/m1/s1. The minimum Gasteiger partial charge on any atom is -0.509 e. The SMILES string of the molecule is CC1S[C@@H]2C(NC(=O)C(N=O)=C(O)CBr)C(=O)N2C=C1C(=O)OCc1ccc([N+](=O)[O-])cc1. The van der Waals surface area contributed by atoms with E-state index in [2.05, 4.69) is 26.4 Å². The molecule has 33 heavy (non-hydrogen) atoms. The lowest BCUT2D eigenvalue weighted by molar-refractivity contribution is -0.384. The Kier molecular flexibility index (Phi) is 7.48. The first-order valence-corrected chi connectivity index (χ1v) is 11.5. The number of alkyl halides is 1. The zero-order valence-electron chi connectivity index (χ0n) is 17.0. The highest BCUT2D eigenvalue weighted by Gasteiger charge is 2.52. The number of thioether (sulfide) groups is 1. The number of nitrogens with zero attached hydrogens (tertiary/aromatic N) is 3. The molecule has 2 amide bonds. The van der Waals surface area contributed by atoms with Gasteiger partial charge in [-0.05, 0) is 29.8 Å². The van der Waals surface area contributed by atoms with Gasteiger partial charge in [0.2, 0.25) is 5.70 Å². The van der Waals surface area contributed by atoms with Crippen molar-refractivity contribution in [2.75, 3.05) is 5.33 Å². The molecule has 1 aromatic rings. The number of nitro groups is 1. The van der Waals surface area contributed by atoms with Gasteiger partial charge in [-0.1, -0.05) is 15.9 Å². The summed E-state index contributed by atoms with van der Waals surface area (Å²) in [4.78, 5) is 59.5. The minimum atomic E-state index is -0.981. The molecule has 2 aliphatic heterocycles. The van der Waals surface area contributed by atoms with E-state index in [1.165, 1.54) is 47.1 Å². The maximum absolute atomic E-state index is 12.5. The van der Waals surface area contributed by atoms with Gasteiger partial charge in [0.15, 0.2) is 0 Å². The minimum absolute atomic E-state index is 0.0805. The van der Waals surface area contributed by atoms with Gasteiger partial charge in [-0.15, -0.1) is 16.7 Å². The Balaban J connectivity index is 1.63.